The summed E-state index contributed by atoms with van der Waals surface area (Å²) in [6.45, 7) is 8.99. The molecule has 1 atom stereocenters. The molecule has 0 N–H and O–H groups in total. The van der Waals surface area contributed by atoms with Gasteiger partial charge in [0.25, 0.3) is 0 Å². The van der Waals surface area contributed by atoms with E-state index in [1.165, 1.54) is 6.42 Å². The largest absolute Gasteiger partial charge is 0.0969 e. The summed E-state index contributed by atoms with van der Waals surface area (Å²) in [5.74, 6) is 0. The van der Waals surface area contributed by atoms with Gasteiger partial charge in [-0.05, 0) is 11.1 Å². The predicted molar refractivity (Wildman–Crippen MR) is 51.2 cm³/mol. The summed E-state index contributed by atoms with van der Waals surface area (Å²) in [5, 5.41) is 3.65. The zero-order chi connectivity index (χ0) is 8.91. The van der Waals surface area contributed by atoms with Gasteiger partial charge in [0.2, 0.25) is 0 Å². The Labute approximate surface area is 69.4 Å². The van der Waals surface area contributed by atoms with Crippen molar-refractivity contribution in [2.45, 2.75) is 38.9 Å². The third-order valence-electron chi connectivity index (χ3n) is 2.49. The number of azide groups is 1. The molecule has 0 aliphatic rings. The fraction of sp³-hybridized carbons (Fsp3) is 1.00. The highest BCUT2D eigenvalue weighted by Gasteiger charge is 2.25. The van der Waals surface area contributed by atoms with E-state index < -0.39 is 8.07 Å². The molecule has 0 fully saturated rings. The molecule has 1 unspecified atom stereocenters. The normalized spacial score (nSPS) is 13.8. The molecule has 0 aliphatic carbocycles. The van der Waals surface area contributed by atoms with Crippen LogP contribution in [0, 0.1) is 0 Å². The van der Waals surface area contributed by atoms with Gasteiger partial charge < -0.3 is 0 Å². The molecule has 0 aromatic heterocycles. The van der Waals surface area contributed by atoms with Gasteiger partial charge in [-0.25, -0.2) is 0 Å². The summed E-state index contributed by atoms with van der Waals surface area (Å²) in [6, 6.07) is 0. The first-order valence-corrected chi connectivity index (χ1v) is 7.34. The van der Waals surface area contributed by atoms with Gasteiger partial charge in [0.15, 0.2) is 0 Å². The SMILES string of the molecule is CCC(C)[Si](C)(C)CN=[N+]=[N-]. The van der Waals surface area contributed by atoms with Gasteiger partial charge in [0, 0.05) is 11.1 Å². The fourth-order valence-corrected chi connectivity index (χ4v) is 2.77. The molecule has 0 radical (unpaired) electrons. The lowest BCUT2D eigenvalue weighted by atomic mass is 10.4. The average molecular weight is 171 g/mol. The second kappa shape index (κ2) is 4.41. The van der Waals surface area contributed by atoms with Gasteiger partial charge in [-0.2, -0.15) is 0 Å². The van der Waals surface area contributed by atoms with Gasteiger partial charge >= 0.3 is 0 Å². The molecular weight excluding hydrogens is 154 g/mol. The molecular formula is C7H17N3Si. The van der Waals surface area contributed by atoms with Crippen LogP contribution in [0.15, 0.2) is 5.11 Å². The summed E-state index contributed by atoms with van der Waals surface area (Å²) < 4.78 is 0. The van der Waals surface area contributed by atoms with E-state index in [1.807, 2.05) is 0 Å². The Morgan fingerprint density at radius 2 is 2.09 bits per heavy atom. The van der Waals surface area contributed by atoms with Gasteiger partial charge in [0.05, 0.1) is 8.07 Å². The molecule has 0 rings (SSSR count). The molecule has 0 bridgehead atoms. The van der Waals surface area contributed by atoms with Crippen LogP contribution in [0.4, 0.5) is 0 Å². The van der Waals surface area contributed by atoms with E-state index in [1.54, 1.807) is 0 Å². The van der Waals surface area contributed by atoms with Crippen molar-refractivity contribution in [1.82, 2.24) is 0 Å². The van der Waals surface area contributed by atoms with E-state index in [4.69, 9.17) is 5.53 Å². The summed E-state index contributed by atoms with van der Waals surface area (Å²) in [4.78, 5) is 2.80. The molecule has 0 amide bonds. The van der Waals surface area contributed by atoms with Gasteiger partial charge in [-0.3, -0.25) is 0 Å². The molecule has 0 heterocycles. The first kappa shape index (κ1) is 10.5. The molecule has 64 valence electrons. The smallest absolute Gasteiger partial charge is 0.0570 e. The maximum absolute atomic E-state index is 8.16. The summed E-state index contributed by atoms with van der Waals surface area (Å²) in [6.07, 6.45) is 1.93. The van der Waals surface area contributed by atoms with Crippen LogP contribution < -0.4 is 0 Å². The lowest BCUT2D eigenvalue weighted by molar-refractivity contribution is 0.832. The Bertz CT molecular complexity index is 161. The molecule has 11 heavy (non-hydrogen) atoms. The van der Waals surface area contributed by atoms with Crippen LogP contribution in [-0.2, 0) is 0 Å². The lowest BCUT2D eigenvalue weighted by Gasteiger charge is -2.26. The van der Waals surface area contributed by atoms with E-state index in [9.17, 15) is 0 Å². The van der Waals surface area contributed by atoms with Crippen LogP contribution in [0.25, 0.3) is 10.4 Å². The van der Waals surface area contributed by atoms with E-state index >= 15 is 0 Å². The fourth-order valence-electron chi connectivity index (χ4n) is 0.922. The molecule has 0 aliphatic heterocycles. The molecule has 0 aromatic rings. The van der Waals surface area contributed by atoms with Crippen molar-refractivity contribution in [3.63, 3.8) is 0 Å². The van der Waals surface area contributed by atoms with Gasteiger partial charge in [-0.15, -0.1) is 0 Å². The molecule has 4 heteroatoms. The van der Waals surface area contributed by atoms with E-state index in [-0.39, 0.29) is 0 Å². The minimum Gasteiger partial charge on any atom is -0.0969 e. The molecule has 0 spiro atoms. The van der Waals surface area contributed by atoms with Crippen molar-refractivity contribution in [3.05, 3.63) is 10.4 Å². The third kappa shape index (κ3) is 3.44. The Morgan fingerprint density at radius 1 is 1.55 bits per heavy atom. The lowest BCUT2D eigenvalue weighted by Crippen LogP contribution is -2.34. The van der Waals surface area contributed by atoms with Gasteiger partial charge in [0.1, 0.15) is 0 Å². The van der Waals surface area contributed by atoms with Crippen molar-refractivity contribution >= 4 is 8.07 Å². The molecule has 0 aromatic carbocycles. The Kier molecular flexibility index (Phi) is 4.22. The highest BCUT2D eigenvalue weighted by Crippen LogP contribution is 2.24. The minimum atomic E-state index is -1.25. The average Bonchev–Trinajstić information content (AvgIpc) is 1.99. The van der Waals surface area contributed by atoms with E-state index in [2.05, 4.69) is 37.0 Å². The topological polar surface area (TPSA) is 48.8 Å². The van der Waals surface area contributed by atoms with E-state index in [0.29, 0.717) is 0 Å². The number of hydrogen-bond donors (Lipinski definition) is 0. The number of rotatable bonds is 4. The van der Waals surface area contributed by atoms with Gasteiger partial charge in [-0.1, -0.05) is 38.5 Å². The highest BCUT2D eigenvalue weighted by molar-refractivity contribution is 6.78. The van der Waals surface area contributed by atoms with Crippen LogP contribution in [0.5, 0.6) is 0 Å². The zero-order valence-corrected chi connectivity index (χ0v) is 8.83. The molecule has 3 nitrogen and oxygen atoms in total. The van der Waals surface area contributed by atoms with Crippen molar-refractivity contribution < 1.29 is 0 Å². The quantitative estimate of drug-likeness (QED) is 0.269. The highest BCUT2D eigenvalue weighted by atomic mass is 28.3. The predicted octanol–water partition coefficient (Wildman–Crippen LogP) is 3.34. The van der Waals surface area contributed by atoms with E-state index in [0.717, 1.165) is 11.7 Å². The maximum Gasteiger partial charge on any atom is 0.0570 e. The van der Waals surface area contributed by atoms with Crippen LogP contribution in [0.1, 0.15) is 20.3 Å². The van der Waals surface area contributed by atoms with Crippen molar-refractivity contribution in [2.75, 3.05) is 6.17 Å². The Balaban J connectivity index is 4.07. The molecule has 0 saturated heterocycles. The van der Waals surface area contributed by atoms with Crippen molar-refractivity contribution in [3.8, 4) is 0 Å². The van der Waals surface area contributed by atoms with Crippen molar-refractivity contribution in [1.29, 1.82) is 0 Å². The second-order valence-electron chi connectivity index (χ2n) is 3.69. The van der Waals surface area contributed by atoms with Crippen LogP contribution >= 0.6 is 0 Å². The number of nitrogens with zero attached hydrogens (tertiary/aromatic N) is 3. The summed E-state index contributed by atoms with van der Waals surface area (Å²) in [7, 11) is -1.25. The molecule has 0 saturated carbocycles. The zero-order valence-electron chi connectivity index (χ0n) is 7.83. The van der Waals surface area contributed by atoms with Crippen molar-refractivity contribution in [2.24, 2.45) is 5.11 Å². The summed E-state index contributed by atoms with van der Waals surface area (Å²) in [5.41, 5.74) is 8.91. The van der Waals surface area contributed by atoms with Crippen LogP contribution in [0.2, 0.25) is 18.6 Å². The first-order chi connectivity index (χ1) is 5.04. The Hall–Kier alpha value is -0.473. The maximum atomic E-state index is 8.16. The van der Waals surface area contributed by atoms with Crippen LogP contribution in [0.3, 0.4) is 0 Å². The minimum absolute atomic E-state index is 0.735. The first-order valence-electron chi connectivity index (χ1n) is 4.05. The summed E-state index contributed by atoms with van der Waals surface area (Å²) >= 11 is 0. The second-order valence-corrected chi connectivity index (χ2v) is 8.97. The van der Waals surface area contributed by atoms with Crippen LogP contribution in [-0.4, -0.2) is 14.2 Å². The third-order valence-corrected chi connectivity index (χ3v) is 6.52. The standard InChI is InChI=1S/C7H17N3Si/c1-5-7(2)11(3,4)6-9-10-8/h7H,5-6H2,1-4H3. The monoisotopic (exact) mass is 171 g/mol. The Morgan fingerprint density at radius 3 is 2.45 bits per heavy atom. The number of hydrogen-bond acceptors (Lipinski definition) is 1.